The lowest BCUT2D eigenvalue weighted by Gasteiger charge is -2.34. The van der Waals surface area contributed by atoms with Crippen molar-refractivity contribution in [2.45, 2.75) is 19.9 Å². The standard InChI is InChI=1S/C25H28BrN7O2/c1-3-22-30-21(17-31-11-13-32(14-12-31)25(34)35-4-2)23(26)24(27)33(22)29-10-9-18-15-19-7-5-6-8-20(19)28-16-18/h3,5-8,10,15-16,27H,1,4,9,11-14,17H2,2H3. The number of carbonyl (C=O) groups is 1. The topological polar surface area (TPSA) is 99.7 Å². The maximum Gasteiger partial charge on any atom is 0.409 e. The average molecular weight is 538 g/mol. The normalized spacial score (nSPS) is 14.5. The molecule has 0 saturated carbocycles. The summed E-state index contributed by atoms with van der Waals surface area (Å²) in [5.41, 5.74) is 2.92. The number of hydrogen-bond acceptors (Lipinski definition) is 7. The van der Waals surface area contributed by atoms with Crippen molar-refractivity contribution in [3.63, 3.8) is 0 Å². The minimum Gasteiger partial charge on any atom is -0.450 e. The summed E-state index contributed by atoms with van der Waals surface area (Å²) in [6.07, 6.45) is 5.49. The van der Waals surface area contributed by atoms with Gasteiger partial charge in [-0.3, -0.25) is 15.3 Å². The third-order valence-electron chi connectivity index (χ3n) is 5.77. The first-order valence-electron chi connectivity index (χ1n) is 11.5. The second-order valence-electron chi connectivity index (χ2n) is 8.10. The Morgan fingerprint density at radius 2 is 2.06 bits per heavy atom. The Kier molecular flexibility index (Phi) is 8.04. The third kappa shape index (κ3) is 5.83. The van der Waals surface area contributed by atoms with Gasteiger partial charge < -0.3 is 9.64 Å². The van der Waals surface area contributed by atoms with Crippen LogP contribution in [0.1, 0.15) is 24.0 Å². The van der Waals surface area contributed by atoms with E-state index in [1.54, 1.807) is 24.1 Å². The molecule has 10 heteroatoms. The average Bonchev–Trinajstić information content (AvgIpc) is 2.88. The number of para-hydroxylation sites is 1. The van der Waals surface area contributed by atoms with E-state index in [-0.39, 0.29) is 11.6 Å². The number of hydrogen-bond donors (Lipinski definition) is 1. The monoisotopic (exact) mass is 537 g/mol. The third-order valence-corrected chi connectivity index (χ3v) is 6.60. The molecule has 1 aliphatic rings. The van der Waals surface area contributed by atoms with Gasteiger partial charge in [-0.2, -0.15) is 9.78 Å². The van der Waals surface area contributed by atoms with Crippen molar-refractivity contribution in [1.29, 1.82) is 5.41 Å². The number of amides is 1. The summed E-state index contributed by atoms with van der Waals surface area (Å²) in [7, 11) is 0. The van der Waals surface area contributed by atoms with Crippen LogP contribution in [0, 0.1) is 5.41 Å². The van der Waals surface area contributed by atoms with Crippen LogP contribution in [0.15, 0.2) is 52.7 Å². The molecule has 182 valence electrons. The number of halogens is 1. The molecule has 4 rings (SSSR count). The maximum absolute atomic E-state index is 11.9. The summed E-state index contributed by atoms with van der Waals surface area (Å²) in [5, 5.41) is 14.2. The van der Waals surface area contributed by atoms with Crippen LogP contribution < -0.4 is 5.49 Å². The molecule has 0 aliphatic carbocycles. The summed E-state index contributed by atoms with van der Waals surface area (Å²) in [6.45, 7) is 9.19. The van der Waals surface area contributed by atoms with Crippen molar-refractivity contribution in [3.05, 3.63) is 70.1 Å². The predicted molar refractivity (Wildman–Crippen MR) is 139 cm³/mol. The van der Waals surface area contributed by atoms with Gasteiger partial charge in [-0.1, -0.05) is 24.8 Å². The van der Waals surface area contributed by atoms with E-state index in [0.29, 0.717) is 56.0 Å². The Morgan fingerprint density at radius 3 is 2.80 bits per heavy atom. The molecule has 2 aromatic heterocycles. The number of fused-ring (bicyclic) bond motifs is 1. The number of nitrogens with one attached hydrogen (secondary N) is 1. The first-order valence-corrected chi connectivity index (χ1v) is 12.3. The van der Waals surface area contributed by atoms with Gasteiger partial charge >= 0.3 is 6.09 Å². The van der Waals surface area contributed by atoms with Gasteiger partial charge in [0.1, 0.15) is 0 Å². The number of nitrogens with zero attached hydrogens (tertiary/aromatic N) is 6. The molecule has 1 fully saturated rings. The molecule has 1 saturated heterocycles. The predicted octanol–water partition coefficient (Wildman–Crippen LogP) is 3.67. The van der Waals surface area contributed by atoms with Crippen LogP contribution in [0.2, 0.25) is 0 Å². The zero-order valence-corrected chi connectivity index (χ0v) is 21.2. The Balaban J connectivity index is 1.46. The van der Waals surface area contributed by atoms with Gasteiger partial charge in [0.2, 0.25) is 0 Å². The van der Waals surface area contributed by atoms with E-state index < -0.39 is 0 Å². The molecule has 0 spiro atoms. The second kappa shape index (κ2) is 11.4. The van der Waals surface area contributed by atoms with Gasteiger partial charge in [0.25, 0.3) is 0 Å². The molecule has 35 heavy (non-hydrogen) atoms. The van der Waals surface area contributed by atoms with Crippen molar-refractivity contribution >= 4 is 45.2 Å². The summed E-state index contributed by atoms with van der Waals surface area (Å²) >= 11 is 3.54. The molecule has 9 nitrogen and oxygen atoms in total. The molecule has 0 radical (unpaired) electrons. The fourth-order valence-corrected chi connectivity index (χ4v) is 4.29. The van der Waals surface area contributed by atoms with Crippen molar-refractivity contribution < 1.29 is 9.53 Å². The van der Waals surface area contributed by atoms with Crippen LogP contribution in [0.5, 0.6) is 0 Å². The largest absolute Gasteiger partial charge is 0.450 e. The van der Waals surface area contributed by atoms with Crippen LogP contribution in [-0.2, 0) is 17.7 Å². The van der Waals surface area contributed by atoms with E-state index in [4.69, 9.17) is 15.1 Å². The highest BCUT2D eigenvalue weighted by atomic mass is 79.9. The zero-order chi connectivity index (χ0) is 24.8. The second-order valence-corrected chi connectivity index (χ2v) is 8.89. The summed E-state index contributed by atoms with van der Waals surface area (Å²) < 4.78 is 7.14. The van der Waals surface area contributed by atoms with Crippen molar-refractivity contribution in [2.75, 3.05) is 32.8 Å². The number of carbonyl (C=O) groups excluding carboxylic acids is 1. The highest BCUT2D eigenvalue weighted by molar-refractivity contribution is 9.10. The van der Waals surface area contributed by atoms with Crippen LogP contribution in [0.25, 0.3) is 17.0 Å². The van der Waals surface area contributed by atoms with Gasteiger partial charge in [0, 0.05) is 56.9 Å². The number of piperazine rings is 1. The molecule has 3 heterocycles. The van der Waals surface area contributed by atoms with Gasteiger partial charge in [0.15, 0.2) is 11.3 Å². The lowest BCUT2D eigenvalue weighted by molar-refractivity contribution is 0.0774. The minimum atomic E-state index is -0.271. The molecule has 0 atom stereocenters. The van der Waals surface area contributed by atoms with Crippen molar-refractivity contribution in [2.24, 2.45) is 5.10 Å². The zero-order valence-electron chi connectivity index (χ0n) is 19.7. The Labute approximate surface area is 212 Å². The van der Waals surface area contributed by atoms with Gasteiger partial charge in [-0.05, 0) is 46.6 Å². The van der Waals surface area contributed by atoms with Gasteiger partial charge in [0.05, 0.1) is 22.3 Å². The Morgan fingerprint density at radius 1 is 1.29 bits per heavy atom. The molecule has 3 aromatic rings. The smallest absolute Gasteiger partial charge is 0.409 e. The fraction of sp³-hybridized carbons (Fsp3) is 0.320. The van der Waals surface area contributed by atoms with E-state index in [0.717, 1.165) is 22.2 Å². The first kappa shape index (κ1) is 24.7. The first-order chi connectivity index (χ1) is 17.0. The van der Waals surface area contributed by atoms with Gasteiger partial charge in [-0.15, -0.1) is 0 Å². The van der Waals surface area contributed by atoms with Crippen LogP contribution >= 0.6 is 15.9 Å². The van der Waals surface area contributed by atoms with Gasteiger partial charge in [-0.25, -0.2) is 9.78 Å². The highest BCUT2D eigenvalue weighted by Crippen LogP contribution is 2.16. The van der Waals surface area contributed by atoms with Crippen molar-refractivity contribution in [3.8, 4) is 0 Å². The summed E-state index contributed by atoms with van der Waals surface area (Å²) in [4.78, 5) is 25.0. The SMILES string of the molecule is C=Cc1nc(CN2CCN(C(=O)OCC)CC2)c(Br)c(=N)n1N=CCc1cnc2ccccc2c1. The molecular formula is C25H28BrN7O2. The summed E-state index contributed by atoms with van der Waals surface area (Å²) in [6, 6.07) is 10.1. The number of pyridine rings is 1. The van der Waals surface area contributed by atoms with Crippen molar-refractivity contribution in [1.82, 2.24) is 24.4 Å². The van der Waals surface area contributed by atoms with E-state index in [1.807, 2.05) is 30.5 Å². The molecule has 1 aliphatic heterocycles. The molecule has 0 unspecified atom stereocenters. The molecular weight excluding hydrogens is 510 g/mol. The molecule has 1 aromatic carbocycles. The minimum absolute atomic E-state index is 0.197. The van der Waals surface area contributed by atoms with E-state index in [9.17, 15) is 4.79 Å². The van der Waals surface area contributed by atoms with E-state index >= 15 is 0 Å². The Hall–Kier alpha value is -3.37. The number of rotatable bonds is 7. The van der Waals surface area contributed by atoms with E-state index in [1.165, 1.54) is 4.68 Å². The number of benzene rings is 1. The lowest BCUT2D eigenvalue weighted by atomic mass is 10.1. The van der Waals surface area contributed by atoms with Crippen LogP contribution in [0.4, 0.5) is 4.79 Å². The molecule has 1 amide bonds. The quantitative estimate of drug-likeness (QED) is 0.463. The van der Waals surface area contributed by atoms with Crippen LogP contribution in [-0.4, -0.2) is 69.5 Å². The Bertz CT molecular complexity index is 1310. The molecule has 1 N–H and O–H groups in total. The van der Waals surface area contributed by atoms with Crippen LogP contribution in [0.3, 0.4) is 0 Å². The number of ether oxygens (including phenoxy) is 1. The number of aromatic nitrogens is 3. The maximum atomic E-state index is 11.9. The lowest BCUT2D eigenvalue weighted by Crippen LogP contribution is -2.48. The van der Waals surface area contributed by atoms with E-state index in [2.05, 4.69) is 43.6 Å². The summed E-state index contributed by atoms with van der Waals surface area (Å²) in [5.74, 6) is 0.492. The molecule has 0 bridgehead atoms. The fourth-order valence-electron chi connectivity index (χ4n) is 3.90. The highest BCUT2D eigenvalue weighted by Gasteiger charge is 2.23.